The maximum Gasteiger partial charge on any atom is 0.185 e. The van der Waals surface area contributed by atoms with Gasteiger partial charge in [0.25, 0.3) is 0 Å². The van der Waals surface area contributed by atoms with Crippen molar-refractivity contribution in [1.82, 2.24) is 14.8 Å². The molecule has 0 aliphatic rings. The van der Waals surface area contributed by atoms with Crippen LogP contribution in [0.15, 0.2) is 33.6 Å². The number of sulfone groups is 1. The van der Waals surface area contributed by atoms with E-state index in [2.05, 4.69) is 26.1 Å². The Morgan fingerprint density at radius 1 is 1.32 bits per heavy atom. The number of hydrogen-bond acceptors (Lipinski definition) is 4. The quantitative estimate of drug-likeness (QED) is 0.854. The second kappa shape index (κ2) is 5.42. The van der Waals surface area contributed by atoms with Crippen molar-refractivity contribution >= 4 is 25.8 Å². The van der Waals surface area contributed by atoms with Gasteiger partial charge in [-0.1, -0.05) is 22.0 Å². The highest BCUT2D eigenvalue weighted by Gasteiger charge is 2.20. The lowest BCUT2D eigenvalue weighted by Gasteiger charge is -2.07. The molecule has 0 aliphatic carbocycles. The third kappa shape index (κ3) is 3.03. The summed E-state index contributed by atoms with van der Waals surface area (Å²) in [5.41, 5.74) is 0. The van der Waals surface area contributed by atoms with Crippen molar-refractivity contribution in [2.75, 3.05) is 0 Å². The zero-order valence-corrected chi connectivity index (χ0v) is 13.1. The maximum absolute atomic E-state index is 12.3. The fourth-order valence-corrected chi connectivity index (χ4v) is 3.72. The minimum atomic E-state index is -3.41. The van der Waals surface area contributed by atoms with Gasteiger partial charge in [0.05, 0.1) is 4.90 Å². The second-order valence-electron chi connectivity index (χ2n) is 4.12. The van der Waals surface area contributed by atoms with Crippen LogP contribution in [0.3, 0.4) is 0 Å². The van der Waals surface area contributed by atoms with Gasteiger partial charge in [0.2, 0.25) is 0 Å². The lowest BCUT2D eigenvalue weighted by Crippen LogP contribution is -2.11. The van der Waals surface area contributed by atoms with Crippen molar-refractivity contribution in [2.45, 2.75) is 31.0 Å². The Bertz CT molecular complexity index is 695. The maximum atomic E-state index is 12.3. The number of aromatic nitrogens is 3. The third-order valence-electron chi connectivity index (χ3n) is 2.80. The van der Waals surface area contributed by atoms with Gasteiger partial charge in [-0.3, -0.25) is 0 Å². The molecule has 0 N–H and O–H groups in total. The Kier molecular flexibility index (Phi) is 4.05. The van der Waals surface area contributed by atoms with E-state index in [0.717, 1.165) is 10.3 Å². The SMILES string of the molecule is CCn1c(C)nnc1CS(=O)(=O)c1cccc(Br)c1. The highest BCUT2D eigenvalue weighted by molar-refractivity contribution is 9.10. The molecule has 2 rings (SSSR count). The van der Waals surface area contributed by atoms with Crippen LogP contribution in [0.5, 0.6) is 0 Å². The highest BCUT2D eigenvalue weighted by Crippen LogP contribution is 2.20. The number of rotatable bonds is 4. The van der Waals surface area contributed by atoms with Crippen molar-refractivity contribution in [2.24, 2.45) is 0 Å². The molecule has 2 aromatic rings. The third-order valence-corrected chi connectivity index (χ3v) is 4.91. The van der Waals surface area contributed by atoms with Gasteiger partial charge in [0.1, 0.15) is 17.4 Å². The van der Waals surface area contributed by atoms with E-state index in [9.17, 15) is 8.42 Å². The molecule has 5 nitrogen and oxygen atoms in total. The fraction of sp³-hybridized carbons (Fsp3) is 0.333. The number of hydrogen-bond donors (Lipinski definition) is 0. The number of nitrogens with zero attached hydrogens (tertiary/aromatic N) is 3. The van der Waals surface area contributed by atoms with Crippen LogP contribution in [0.4, 0.5) is 0 Å². The normalized spacial score (nSPS) is 11.7. The molecule has 7 heteroatoms. The Labute approximate surface area is 120 Å². The van der Waals surface area contributed by atoms with Crippen molar-refractivity contribution in [1.29, 1.82) is 0 Å². The van der Waals surface area contributed by atoms with Gasteiger partial charge >= 0.3 is 0 Å². The van der Waals surface area contributed by atoms with E-state index in [1.165, 1.54) is 0 Å². The Hall–Kier alpha value is -1.21. The van der Waals surface area contributed by atoms with Crippen molar-refractivity contribution < 1.29 is 8.42 Å². The average molecular weight is 344 g/mol. The number of benzene rings is 1. The van der Waals surface area contributed by atoms with Gasteiger partial charge in [0, 0.05) is 11.0 Å². The molecule has 0 bridgehead atoms. The molecule has 0 unspecified atom stereocenters. The molecule has 0 amide bonds. The van der Waals surface area contributed by atoms with Gasteiger partial charge in [-0.25, -0.2) is 8.42 Å². The lowest BCUT2D eigenvalue weighted by atomic mass is 10.4. The lowest BCUT2D eigenvalue weighted by molar-refractivity contribution is 0.590. The van der Waals surface area contributed by atoms with Gasteiger partial charge in [-0.2, -0.15) is 0 Å². The minimum absolute atomic E-state index is 0.141. The predicted molar refractivity (Wildman–Crippen MR) is 75.5 cm³/mol. The van der Waals surface area contributed by atoms with Gasteiger partial charge in [-0.15, -0.1) is 10.2 Å². The van der Waals surface area contributed by atoms with Gasteiger partial charge in [0.15, 0.2) is 9.84 Å². The summed E-state index contributed by atoms with van der Waals surface area (Å²) < 4.78 is 27.2. The molecule has 0 fully saturated rings. The van der Waals surface area contributed by atoms with Gasteiger partial charge in [-0.05, 0) is 32.0 Å². The van der Waals surface area contributed by atoms with Crippen LogP contribution in [0, 0.1) is 6.92 Å². The van der Waals surface area contributed by atoms with Gasteiger partial charge < -0.3 is 4.57 Å². The van der Waals surface area contributed by atoms with Crippen molar-refractivity contribution in [3.05, 3.63) is 40.4 Å². The molecule has 1 aromatic heterocycles. The first-order chi connectivity index (χ1) is 8.94. The first-order valence-corrected chi connectivity index (χ1v) is 8.25. The van der Waals surface area contributed by atoms with Crippen LogP contribution in [-0.4, -0.2) is 23.2 Å². The smallest absolute Gasteiger partial charge is 0.185 e. The molecule has 0 saturated heterocycles. The molecule has 19 heavy (non-hydrogen) atoms. The van der Waals surface area contributed by atoms with Crippen LogP contribution in [0.2, 0.25) is 0 Å². The van der Waals surface area contributed by atoms with Crippen molar-refractivity contribution in [3.8, 4) is 0 Å². The summed E-state index contributed by atoms with van der Waals surface area (Å²) in [5, 5.41) is 7.86. The first-order valence-electron chi connectivity index (χ1n) is 5.81. The van der Waals surface area contributed by atoms with E-state index in [0.29, 0.717) is 12.4 Å². The first kappa shape index (κ1) is 14.2. The Balaban J connectivity index is 2.36. The summed E-state index contributed by atoms with van der Waals surface area (Å²) >= 11 is 3.27. The molecule has 0 spiro atoms. The monoisotopic (exact) mass is 343 g/mol. The van der Waals surface area contributed by atoms with E-state index in [1.54, 1.807) is 28.8 Å². The standard InChI is InChI=1S/C12H14BrN3O2S/c1-3-16-9(2)14-15-12(16)8-19(17,18)11-6-4-5-10(13)7-11/h4-7H,3,8H2,1-2H3. The Morgan fingerprint density at radius 2 is 2.05 bits per heavy atom. The molecular formula is C12H14BrN3O2S. The molecule has 1 aromatic carbocycles. The van der Waals surface area contributed by atoms with E-state index < -0.39 is 9.84 Å². The summed E-state index contributed by atoms with van der Waals surface area (Å²) in [6, 6.07) is 6.67. The number of aryl methyl sites for hydroxylation is 1. The summed E-state index contributed by atoms with van der Waals surface area (Å²) in [5.74, 6) is 1.06. The highest BCUT2D eigenvalue weighted by atomic mass is 79.9. The summed E-state index contributed by atoms with van der Waals surface area (Å²) in [7, 11) is -3.41. The average Bonchev–Trinajstić information content (AvgIpc) is 2.69. The van der Waals surface area contributed by atoms with Crippen LogP contribution in [0.25, 0.3) is 0 Å². The molecule has 102 valence electrons. The van der Waals surface area contributed by atoms with Crippen LogP contribution < -0.4 is 0 Å². The molecule has 0 aliphatic heterocycles. The van der Waals surface area contributed by atoms with Crippen LogP contribution >= 0.6 is 15.9 Å². The Morgan fingerprint density at radius 3 is 2.68 bits per heavy atom. The number of halogens is 1. The van der Waals surface area contributed by atoms with E-state index in [4.69, 9.17) is 0 Å². The second-order valence-corrected chi connectivity index (χ2v) is 7.03. The van der Waals surface area contributed by atoms with E-state index in [1.807, 2.05) is 13.8 Å². The molecule has 0 radical (unpaired) electrons. The largest absolute Gasteiger partial charge is 0.315 e. The molecular weight excluding hydrogens is 330 g/mol. The van der Waals surface area contributed by atoms with E-state index in [-0.39, 0.29) is 10.6 Å². The molecule has 0 saturated carbocycles. The van der Waals surface area contributed by atoms with Crippen LogP contribution in [-0.2, 0) is 22.1 Å². The summed E-state index contributed by atoms with van der Waals surface area (Å²) in [6.45, 7) is 4.40. The zero-order valence-electron chi connectivity index (χ0n) is 10.7. The van der Waals surface area contributed by atoms with Crippen molar-refractivity contribution in [3.63, 3.8) is 0 Å². The molecule has 0 atom stereocenters. The predicted octanol–water partition coefficient (Wildman–Crippen LogP) is 2.34. The summed E-state index contributed by atoms with van der Waals surface area (Å²) in [6.07, 6.45) is 0. The topological polar surface area (TPSA) is 64.8 Å². The minimum Gasteiger partial charge on any atom is -0.315 e. The van der Waals surface area contributed by atoms with E-state index >= 15 is 0 Å². The fourth-order valence-electron chi connectivity index (χ4n) is 1.86. The zero-order chi connectivity index (χ0) is 14.0. The van der Waals surface area contributed by atoms with Crippen LogP contribution in [0.1, 0.15) is 18.6 Å². The molecule has 1 heterocycles. The summed E-state index contributed by atoms with van der Waals surface area (Å²) in [4.78, 5) is 0.283.